The predicted octanol–water partition coefficient (Wildman–Crippen LogP) is 4.01. The van der Waals surface area contributed by atoms with Gasteiger partial charge in [-0.1, -0.05) is 49.4 Å². The first-order valence-corrected chi connectivity index (χ1v) is 9.44. The number of hydrogen-bond donors (Lipinski definition) is 0. The maximum Gasteiger partial charge on any atom is 0.118 e. The molecule has 3 rings (SSSR count). The van der Waals surface area contributed by atoms with E-state index in [1.165, 1.54) is 37.2 Å². The average molecular weight is 338 g/mol. The van der Waals surface area contributed by atoms with Crippen LogP contribution >= 0.6 is 0 Å². The zero-order chi connectivity index (χ0) is 17.5. The van der Waals surface area contributed by atoms with Crippen LogP contribution in [0.4, 0.5) is 0 Å². The molecule has 1 unspecified atom stereocenters. The maximum absolute atomic E-state index is 5.23. The van der Waals surface area contributed by atoms with Gasteiger partial charge in [0, 0.05) is 25.7 Å². The molecule has 0 radical (unpaired) electrons. The summed E-state index contributed by atoms with van der Waals surface area (Å²) in [6, 6.07) is 20.0. The minimum absolute atomic E-state index is 0.529. The number of hydrogen-bond acceptors (Lipinski definition) is 3. The molecule has 0 aliphatic carbocycles. The number of piperazine rings is 1. The van der Waals surface area contributed by atoms with Crippen LogP contribution in [-0.4, -0.2) is 49.6 Å². The highest BCUT2D eigenvalue weighted by molar-refractivity contribution is 5.27. The quantitative estimate of drug-likeness (QED) is 0.759. The van der Waals surface area contributed by atoms with Crippen molar-refractivity contribution in [2.45, 2.75) is 25.8 Å². The molecule has 1 aliphatic heterocycles. The second-order valence-electron chi connectivity index (χ2n) is 6.81. The Balaban J connectivity index is 1.52. The summed E-state index contributed by atoms with van der Waals surface area (Å²) in [5.74, 6) is 0.935. The van der Waals surface area contributed by atoms with Gasteiger partial charge in [-0.15, -0.1) is 0 Å². The topological polar surface area (TPSA) is 15.7 Å². The molecule has 0 saturated carbocycles. The molecule has 2 aromatic carbocycles. The van der Waals surface area contributed by atoms with Crippen molar-refractivity contribution >= 4 is 0 Å². The minimum Gasteiger partial charge on any atom is -0.497 e. The molecule has 0 aromatic heterocycles. The number of nitrogens with zero attached hydrogens (tertiary/aromatic N) is 2. The first kappa shape index (κ1) is 18.0. The molecule has 2 aromatic rings. The summed E-state index contributed by atoms with van der Waals surface area (Å²) >= 11 is 0. The van der Waals surface area contributed by atoms with E-state index in [9.17, 15) is 0 Å². The van der Waals surface area contributed by atoms with E-state index in [4.69, 9.17) is 4.74 Å². The van der Waals surface area contributed by atoms with Gasteiger partial charge >= 0.3 is 0 Å². The van der Waals surface area contributed by atoms with Gasteiger partial charge in [-0.3, -0.25) is 4.90 Å². The first-order chi connectivity index (χ1) is 12.3. The zero-order valence-corrected chi connectivity index (χ0v) is 15.5. The molecular formula is C22H30N2O. The van der Waals surface area contributed by atoms with E-state index in [0.717, 1.165) is 25.3 Å². The second kappa shape index (κ2) is 9.02. The smallest absolute Gasteiger partial charge is 0.118 e. The van der Waals surface area contributed by atoms with Crippen molar-refractivity contribution in [2.75, 3.05) is 39.8 Å². The summed E-state index contributed by atoms with van der Waals surface area (Å²) in [7, 11) is 1.72. The molecule has 1 aliphatic rings. The highest BCUT2D eigenvalue weighted by atomic mass is 16.5. The van der Waals surface area contributed by atoms with Crippen molar-refractivity contribution in [3.63, 3.8) is 0 Å². The van der Waals surface area contributed by atoms with Crippen LogP contribution in [0.3, 0.4) is 0 Å². The number of benzene rings is 2. The monoisotopic (exact) mass is 338 g/mol. The Morgan fingerprint density at radius 2 is 1.76 bits per heavy atom. The van der Waals surface area contributed by atoms with Gasteiger partial charge in [-0.25, -0.2) is 0 Å². The molecule has 0 amide bonds. The van der Waals surface area contributed by atoms with Crippen LogP contribution in [0.5, 0.6) is 5.75 Å². The second-order valence-corrected chi connectivity index (χ2v) is 6.81. The molecule has 0 bridgehead atoms. The van der Waals surface area contributed by atoms with Crippen LogP contribution in [0.15, 0.2) is 54.6 Å². The van der Waals surface area contributed by atoms with E-state index >= 15 is 0 Å². The molecule has 1 saturated heterocycles. The molecule has 134 valence electrons. The van der Waals surface area contributed by atoms with Gasteiger partial charge in [0.15, 0.2) is 0 Å². The van der Waals surface area contributed by atoms with Gasteiger partial charge in [0.1, 0.15) is 5.75 Å². The molecule has 25 heavy (non-hydrogen) atoms. The Labute approximate surface area is 152 Å². The lowest BCUT2D eigenvalue weighted by Gasteiger charge is -2.41. The van der Waals surface area contributed by atoms with Crippen molar-refractivity contribution in [3.8, 4) is 5.75 Å². The van der Waals surface area contributed by atoms with Crippen LogP contribution in [0.25, 0.3) is 0 Å². The fourth-order valence-electron chi connectivity index (χ4n) is 3.75. The Morgan fingerprint density at radius 1 is 1.00 bits per heavy atom. The molecule has 1 heterocycles. The fraction of sp³-hybridized carbons (Fsp3) is 0.455. The lowest BCUT2D eigenvalue weighted by molar-refractivity contribution is 0.0778. The molecule has 1 fully saturated rings. The summed E-state index contributed by atoms with van der Waals surface area (Å²) in [5.41, 5.74) is 2.84. The van der Waals surface area contributed by atoms with E-state index in [1.807, 2.05) is 0 Å². The third-order valence-electron chi connectivity index (χ3n) is 5.26. The van der Waals surface area contributed by atoms with Crippen LogP contribution in [0.1, 0.15) is 30.5 Å². The number of rotatable bonds is 7. The van der Waals surface area contributed by atoms with Crippen molar-refractivity contribution in [3.05, 3.63) is 65.7 Å². The molecular weight excluding hydrogens is 308 g/mol. The van der Waals surface area contributed by atoms with Crippen LogP contribution in [0.2, 0.25) is 0 Å². The van der Waals surface area contributed by atoms with E-state index in [2.05, 4.69) is 71.3 Å². The largest absolute Gasteiger partial charge is 0.497 e. The van der Waals surface area contributed by atoms with Gasteiger partial charge in [-0.2, -0.15) is 0 Å². The van der Waals surface area contributed by atoms with E-state index < -0.39 is 0 Å². The van der Waals surface area contributed by atoms with Gasteiger partial charge in [0.2, 0.25) is 0 Å². The average Bonchev–Trinajstić information content (AvgIpc) is 2.69. The van der Waals surface area contributed by atoms with Crippen molar-refractivity contribution in [1.29, 1.82) is 0 Å². The zero-order valence-electron chi connectivity index (χ0n) is 15.5. The maximum atomic E-state index is 5.23. The Hall–Kier alpha value is -1.84. The number of ether oxygens (including phenoxy) is 1. The van der Waals surface area contributed by atoms with Gasteiger partial charge < -0.3 is 9.64 Å². The lowest BCUT2D eigenvalue weighted by atomic mass is 10.0. The summed E-state index contributed by atoms with van der Waals surface area (Å²) < 4.78 is 5.23. The van der Waals surface area contributed by atoms with Gasteiger partial charge in [-0.05, 0) is 49.2 Å². The van der Waals surface area contributed by atoms with Crippen molar-refractivity contribution < 1.29 is 4.74 Å². The Kier molecular flexibility index (Phi) is 6.48. The van der Waals surface area contributed by atoms with E-state index in [0.29, 0.717) is 6.04 Å². The van der Waals surface area contributed by atoms with Crippen LogP contribution in [0, 0.1) is 0 Å². The standard InChI is InChI=1S/C22H30N2O/c1-3-24-17-16-23(18-22(24)20-9-5-4-6-10-20)15-7-8-19-11-13-21(25-2)14-12-19/h4-6,9-14,22H,3,7-8,15-18H2,1-2H3. The Bertz CT molecular complexity index is 626. The van der Waals surface area contributed by atoms with Crippen LogP contribution < -0.4 is 4.74 Å². The number of methoxy groups -OCH3 is 1. The fourth-order valence-corrected chi connectivity index (χ4v) is 3.75. The highest BCUT2D eigenvalue weighted by Gasteiger charge is 2.26. The third kappa shape index (κ3) is 4.83. The van der Waals surface area contributed by atoms with Gasteiger partial charge in [0.05, 0.1) is 7.11 Å². The van der Waals surface area contributed by atoms with Crippen molar-refractivity contribution in [1.82, 2.24) is 9.80 Å². The molecule has 0 spiro atoms. The summed E-state index contributed by atoms with van der Waals surface area (Å²) in [6.45, 7) is 8.06. The van der Waals surface area contributed by atoms with E-state index in [1.54, 1.807) is 7.11 Å². The summed E-state index contributed by atoms with van der Waals surface area (Å²) in [5, 5.41) is 0. The lowest BCUT2D eigenvalue weighted by Crippen LogP contribution is -2.48. The highest BCUT2D eigenvalue weighted by Crippen LogP contribution is 2.25. The molecule has 1 atom stereocenters. The molecule has 3 nitrogen and oxygen atoms in total. The SMILES string of the molecule is CCN1CCN(CCCc2ccc(OC)cc2)CC1c1ccccc1. The van der Waals surface area contributed by atoms with Crippen molar-refractivity contribution in [2.24, 2.45) is 0 Å². The normalized spacial score (nSPS) is 19.0. The molecule has 3 heteroatoms. The predicted molar refractivity (Wildman–Crippen MR) is 104 cm³/mol. The minimum atomic E-state index is 0.529. The summed E-state index contributed by atoms with van der Waals surface area (Å²) in [6.07, 6.45) is 2.34. The number of likely N-dealkylation sites (N-methyl/N-ethyl adjacent to an activating group) is 1. The molecule has 0 N–H and O–H groups in total. The Morgan fingerprint density at radius 3 is 2.44 bits per heavy atom. The third-order valence-corrected chi connectivity index (χ3v) is 5.26. The summed E-state index contributed by atoms with van der Waals surface area (Å²) in [4.78, 5) is 5.24. The number of aryl methyl sites for hydroxylation is 1. The van der Waals surface area contributed by atoms with Crippen LogP contribution in [-0.2, 0) is 6.42 Å². The van der Waals surface area contributed by atoms with Gasteiger partial charge in [0.25, 0.3) is 0 Å². The van der Waals surface area contributed by atoms with E-state index in [-0.39, 0.29) is 0 Å². The first-order valence-electron chi connectivity index (χ1n) is 9.44.